The second-order valence-corrected chi connectivity index (χ2v) is 6.51. The molecular formula is C23H18O3. The van der Waals surface area contributed by atoms with Gasteiger partial charge in [-0.25, -0.2) is 0 Å². The third-order valence-corrected chi connectivity index (χ3v) is 4.97. The van der Waals surface area contributed by atoms with Crippen LogP contribution in [-0.4, -0.2) is 7.11 Å². The monoisotopic (exact) mass is 342 g/mol. The van der Waals surface area contributed by atoms with E-state index in [1.54, 1.807) is 7.11 Å². The van der Waals surface area contributed by atoms with Crippen LogP contribution in [0.25, 0.3) is 22.3 Å². The van der Waals surface area contributed by atoms with Crippen LogP contribution in [0.4, 0.5) is 0 Å². The molecule has 5 rings (SSSR count). The Bertz CT molecular complexity index is 1060. The van der Waals surface area contributed by atoms with Gasteiger partial charge in [-0.3, -0.25) is 0 Å². The molecule has 1 aromatic heterocycles. The Morgan fingerprint density at radius 1 is 0.923 bits per heavy atom. The molecule has 0 radical (unpaired) electrons. The number of benzene rings is 3. The lowest BCUT2D eigenvalue weighted by molar-refractivity contribution is 0.238. The van der Waals surface area contributed by atoms with E-state index in [0.717, 1.165) is 45.8 Å². The van der Waals surface area contributed by atoms with Crippen molar-refractivity contribution >= 4 is 11.0 Å². The van der Waals surface area contributed by atoms with Gasteiger partial charge < -0.3 is 13.9 Å². The lowest BCUT2D eigenvalue weighted by Gasteiger charge is -2.11. The molecule has 1 atom stereocenters. The molecular weight excluding hydrogens is 324 g/mol. The van der Waals surface area contributed by atoms with E-state index in [4.69, 9.17) is 13.9 Å². The molecule has 128 valence electrons. The quantitative estimate of drug-likeness (QED) is 0.472. The summed E-state index contributed by atoms with van der Waals surface area (Å²) >= 11 is 0. The topological polar surface area (TPSA) is 31.6 Å². The minimum Gasteiger partial charge on any atom is -0.497 e. The fraction of sp³-hybridized carbons (Fsp3) is 0.130. The van der Waals surface area contributed by atoms with Crippen LogP contribution in [0.3, 0.4) is 0 Å². The predicted octanol–water partition coefficient (Wildman–Crippen LogP) is 5.78. The summed E-state index contributed by atoms with van der Waals surface area (Å²) in [5, 5.41) is 1.14. The summed E-state index contributed by atoms with van der Waals surface area (Å²) in [4.78, 5) is 0. The summed E-state index contributed by atoms with van der Waals surface area (Å²) in [7, 11) is 1.68. The van der Waals surface area contributed by atoms with Gasteiger partial charge in [-0.1, -0.05) is 42.5 Å². The Hall–Kier alpha value is -3.20. The number of rotatable bonds is 3. The minimum atomic E-state index is 0.0246. The highest BCUT2D eigenvalue weighted by atomic mass is 16.5. The Labute approximate surface area is 151 Å². The van der Waals surface area contributed by atoms with E-state index < -0.39 is 0 Å². The van der Waals surface area contributed by atoms with Crippen LogP contribution in [0.2, 0.25) is 0 Å². The molecule has 4 aromatic rings. The van der Waals surface area contributed by atoms with Gasteiger partial charge >= 0.3 is 0 Å². The van der Waals surface area contributed by atoms with E-state index >= 15 is 0 Å². The van der Waals surface area contributed by atoms with Crippen molar-refractivity contribution in [2.75, 3.05) is 7.11 Å². The molecule has 0 spiro atoms. The first kappa shape index (κ1) is 15.1. The molecule has 0 fully saturated rings. The van der Waals surface area contributed by atoms with Crippen molar-refractivity contribution in [1.29, 1.82) is 0 Å². The maximum atomic E-state index is 6.21. The largest absolute Gasteiger partial charge is 0.497 e. The zero-order valence-corrected chi connectivity index (χ0v) is 14.4. The SMILES string of the molecule is COc1ccc(C2Cc3c(ccc4oc(-c5ccccc5)cc34)O2)cc1. The molecule has 0 bridgehead atoms. The van der Waals surface area contributed by atoms with Crippen molar-refractivity contribution in [2.24, 2.45) is 0 Å². The van der Waals surface area contributed by atoms with Gasteiger partial charge in [-0.2, -0.15) is 0 Å². The molecule has 1 aliphatic rings. The lowest BCUT2D eigenvalue weighted by Crippen LogP contribution is -2.02. The van der Waals surface area contributed by atoms with Crippen molar-refractivity contribution in [3.8, 4) is 22.8 Å². The highest BCUT2D eigenvalue weighted by Crippen LogP contribution is 2.42. The molecule has 0 aliphatic carbocycles. The van der Waals surface area contributed by atoms with Crippen LogP contribution in [-0.2, 0) is 6.42 Å². The Morgan fingerprint density at radius 3 is 2.50 bits per heavy atom. The maximum absolute atomic E-state index is 6.21. The molecule has 0 saturated carbocycles. The van der Waals surface area contributed by atoms with Gasteiger partial charge in [0.25, 0.3) is 0 Å². The maximum Gasteiger partial charge on any atom is 0.135 e. The van der Waals surface area contributed by atoms with Gasteiger partial charge in [0.2, 0.25) is 0 Å². The molecule has 0 amide bonds. The van der Waals surface area contributed by atoms with E-state index in [2.05, 4.69) is 30.3 Å². The van der Waals surface area contributed by atoms with Crippen molar-refractivity contribution in [3.05, 3.63) is 83.9 Å². The third kappa shape index (κ3) is 2.44. The molecule has 26 heavy (non-hydrogen) atoms. The summed E-state index contributed by atoms with van der Waals surface area (Å²) in [6, 6.07) is 24.4. The number of furan rings is 1. The van der Waals surface area contributed by atoms with Gasteiger partial charge in [-0.05, 0) is 35.9 Å². The Balaban J connectivity index is 1.51. The number of hydrogen-bond acceptors (Lipinski definition) is 3. The van der Waals surface area contributed by atoms with Gasteiger partial charge in [0.15, 0.2) is 0 Å². The number of hydrogen-bond donors (Lipinski definition) is 0. The molecule has 1 unspecified atom stereocenters. The summed E-state index contributed by atoms with van der Waals surface area (Å²) in [6.45, 7) is 0. The molecule has 1 aliphatic heterocycles. The first-order valence-corrected chi connectivity index (χ1v) is 8.73. The fourth-order valence-corrected chi connectivity index (χ4v) is 3.60. The summed E-state index contributed by atoms with van der Waals surface area (Å²) in [5.74, 6) is 2.69. The van der Waals surface area contributed by atoms with Gasteiger partial charge in [-0.15, -0.1) is 0 Å². The van der Waals surface area contributed by atoms with Gasteiger partial charge in [0.05, 0.1) is 7.11 Å². The molecule has 3 nitrogen and oxygen atoms in total. The first-order chi connectivity index (χ1) is 12.8. The van der Waals surface area contributed by atoms with Gasteiger partial charge in [0.1, 0.15) is 28.9 Å². The van der Waals surface area contributed by atoms with Crippen molar-refractivity contribution in [2.45, 2.75) is 12.5 Å². The third-order valence-electron chi connectivity index (χ3n) is 4.97. The van der Waals surface area contributed by atoms with E-state index in [1.807, 2.05) is 42.5 Å². The van der Waals surface area contributed by atoms with E-state index in [0.29, 0.717) is 0 Å². The van der Waals surface area contributed by atoms with Crippen LogP contribution >= 0.6 is 0 Å². The number of fused-ring (bicyclic) bond motifs is 3. The highest BCUT2D eigenvalue weighted by Gasteiger charge is 2.27. The minimum absolute atomic E-state index is 0.0246. The normalized spacial score (nSPS) is 15.7. The molecule has 0 N–H and O–H groups in total. The first-order valence-electron chi connectivity index (χ1n) is 8.73. The second-order valence-electron chi connectivity index (χ2n) is 6.51. The van der Waals surface area contributed by atoms with Crippen LogP contribution < -0.4 is 9.47 Å². The summed E-state index contributed by atoms with van der Waals surface area (Å²) in [5.41, 5.74) is 4.36. The highest BCUT2D eigenvalue weighted by molar-refractivity contribution is 5.88. The van der Waals surface area contributed by atoms with E-state index in [9.17, 15) is 0 Å². The number of ether oxygens (including phenoxy) is 2. The molecule has 2 heterocycles. The average molecular weight is 342 g/mol. The van der Waals surface area contributed by atoms with Crippen LogP contribution in [0.5, 0.6) is 11.5 Å². The zero-order chi connectivity index (χ0) is 17.5. The van der Waals surface area contributed by atoms with Crippen LogP contribution in [0, 0.1) is 0 Å². The summed E-state index contributed by atoms with van der Waals surface area (Å²) < 4.78 is 17.5. The van der Waals surface area contributed by atoms with E-state index in [-0.39, 0.29) is 6.10 Å². The smallest absolute Gasteiger partial charge is 0.135 e. The standard InChI is InChI=1S/C23H18O3/c1-24-17-9-7-16(8-10-17)23-14-19-18-13-22(15-5-3-2-4-6-15)25-20(18)11-12-21(19)26-23/h2-13,23H,14H2,1H3. The number of methoxy groups -OCH3 is 1. The van der Waals surface area contributed by atoms with E-state index in [1.165, 1.54) is 5.56 Å². The molecule has 0 saturated heterocycles. The van der Waals surface area contributed by atoms with Crippen LogP contribution in [0.15, 0.2) is 77.2 Å². The van der Waals surface area contributed by atoms with Crippen molar-refractivity contribution in [3.63, 3.8) is 0 Å². The van der Waals surface area contributed by atoms with Crippen molar-refractivity contribution in [1.82, 2.24) is 0 Å². The Kier molecular flexibility index (Phi) is 3.45. The predicted molar refractivity (Wildman–Crippen MR) is 102 cm³/mol. The van der Waals surface area contributed by atoms with Crippen LogP contribution in [0.1, 0.15) is 17.2 Å². The lowest BCUT2D eigenvalue weighted by atomic mass is 10.0. The zero-order valence-electron chi connectivity index (χ0n) is 14.4. The fourth-order valence-electron chi connectivity index (χ4n) is 3.60. The summed E-state index contributed by atoms with van der Waals surface area (Å²) in [6.07, 6.45) is 0.865. The van der Waals surface area contributed by atoms with Crippen molar-refractivity contribution < 1.29 is 13.9 Å². The van der Waals surface area contributed by atoms with Gasteiger partial charge in [0, 0.05) is 22.9 Å². The average Bonchev–Trinajstić information content (AvgIpc) is 3.32. The molecule has 3 aromatic carbocycles. The Morgan fingerprint density at radius 2 is 1.73 bits per heavy atom. The second kappa shape index (κ2) is 5.95. The molecule has 3 heteroatoms.